The van der Waals surface area contributed by atoms with E-state index in [0.29, 0.717) is 47.9 Å². The summed E-state index contributed by atoms with van der Waals surface area (Å²) in [4.78, 5) is 24.7. The van der Waals surface area contributed by atoms with Gasteiger partial charge < -0.3 is 25.8 Å². The molecule has 1 saturated heterocycles. The predicted molar refractivity (Wildman–Crippen MR) is 142 cm³/mol. The fraction of sp³-hybridized carbons (Fsp3) is 0.280. The minimum absolute atomic E-state index is 0.0883. The van der Waals surface area contributed by atoms with E-state index in [1.165, 1.54) is 11.1 Å². The average molecular weight is 529 g/mol. The van der Waals surface area contributed by atoms with Gasteiger partial charge in [0.25, 0.3) is 0 Å². The Kier molecular flexibility index (Phi) is 8.45. The van der Waals surface area contributed by atoms with Crippen molar-refractivity contribution in [1.82, 2.24) is 19.9 Å². The number of nitrogens with zero attached hydrogens (tertiary/aromatic N) is 4. The van der Waals surface area contributed by atoms with Crippen molar-refractivity contribution < 1.29 is 14.6 Å². The zero-order valence-electron chi connectivity index (χ0n) is 19.4. The number of anilines is 3. The molecular formula is C25H26Cl2N6O3. The molecular weight excluding hydrogens is 503 g/mol. The van der Waals surface area contributed by atoms with Crippen LogP contribution in [0.25, 0.3) is 12.2 Å². The fourth-order valence-electron chi connectivity index (χ4n) is 3.96. The second-order valence-electron chi connectivity index (χ2n) is 8.45. The van der Waals surface area contributed by atoms with Crippen LogP contribution in [0.15, 0.2) is 42.9 Å². The summed E-state index contributed by atoms with van der Waals surface area (Å²) in [6.07, 6.45) is 10.3. The first-order valence-electron chi connectivity index (χ1n) is 11.5. The molecule has 1 aliphatic rings. The van der Waals surface area contributed by atoms with E-state index in [4.69, 9.17) is 38.8 Å². The third-order valence-corrected chi connectivity index (χ3v) is 6.35. The second-order valence-corrected chi connectivity index (χ2v) is 9.19. The van der Waals surface area contributed by atoms with Crippen molar-refractivity contribution in [2.75, 3.05) is 30.7 Å². The number of hydrogen-bond donors (Lipinski definition) is 3. The molecule has 1 amide bonds. The quantitative estimate of drug-likeness (QED) is 0.311. The Balaban J connectivity index is 1.48. The lowest BCUT2D eigenvalue weighted by molar-refractivity contribution is 0.119. The first-order chi connectivity index (χ1) is 17.4. The van der Waals surface area contributed by atoms with Crippen LogP contribution in [0, 0.1) is 5.92 Å². The highest BCUT2D eigenvalue weighted by Gasteiger charge is 2.22. The molecule has 0 saturated carbocycles. The first kappa shape index (κ1) is 25.5. The fourth-order valence-corrected chi connectivity index (χ4v) is 4.23. The number of hydrogen-bond acceptors (Lipinski definition) is 7. The molecule has 0 atom stereocenters. The van der Waals surface area contributed by atoms with Gasteiger partial charge in [0, 0.05) is 36.7 Å². The zero-order chi connectivity index (χ0) is 25.5. The molecule has 1 aromatic carbocycles. The number of nitrogens with two attached hydrogens (primary N) is 1. The van der Waals surface area contributed by atoms with Gasteiger partial charge in [-0.05, 0) is 66.6 Å². The molecule has 0 aliphatic carbocycles. The maximum absolute atomic E-state index is 11.1. The average Bonchev–Trinajstić information content (AvgIpc) is 2.86. The van der Waals surface area contributed by atoms with E-state index >= 15 is 0 Å². The van der Waals surface area contributed by atoms with E-state index in [1.807, 2.05) is 36.4 Å². The van der Waals surface area contributed by atoms with Crippen molar-refractivity contribution in [3.8, 4) is 5.75 Å². The Morgan fingerprint density at radius 3 is 2.75 bits per heavy atom. The number of amides is 1. The molecule has 0 radical (unpaired) electrons. The van der Waals surface area contributed by atoms with Gasteiger partial charge in [-0.15, -0.1) is 0 Å². The van der Waals surface area contributed by atoms with Crippen LogP contribution in [-0.4, -0.2) is 50.7 Å². The zero-order valence-corrected chi connectivity index (χ0v) is 20.9. The number of benzene rings is 1. The number of halogens is 2. The van der Waals surface area contributed by atoms with E-state index in [-0.39, 0.29) is 5.28 Å². The highest BCUT2D eigenvalue weighted by molar-refractivity contribution is 6.33. The third kappa shape index (κ3) is 6.99. The normalized spacial score (nSPS) is 14.2. The van der Waals surface area contributed by atoms with Crippen molar-refractivity contribution in [2.45, 2.75) is 19.3 Å². The number of piperidine rings is 1. The lowest BCUT2D eigenvalue weighted by atomic mass is 9.94. The van der Waals surface area contributed by atoms with Crippen molar-refractivity contribution in [1.29, 1.82) is 0 Å². The number of ether oxygens (including phenoxy) is 1. The second kappa shape index (κ2) is 11.9. The number of rotatable bonds is 8. The van der Waals surface area contributed by atoms with Crippen molar-refractivity contribution in [3.05, 3.63) is 64.3 Å². The minimum Gasteiger partial charge on any atom is -0.493 e. The lowest BCUT2D eigenvalue weighted by Gasteiger charge is -2.29. The van der Waals surface area contributed by atoms with Crippen LogP contribution in [0.1, 0.15) is 30.4 Å². The number of aromatic nitrogens is 3. The Labute approximate surface area is 218 Å². The van der Waals surface area contributed by atoms with Crippen LogP contribution in [0.2, 0.25) is 10.3 Å². The highest BCUT2D eigenvalue weighted by Crippen LogP contribution is 2.30. The molecule has 4 N–H and O–H groups in total. The monoisotopic (exact) mass is 528 g/mol. The van der Waals surface area contributed by atoms with E-state index < -0.39 is 6.09 Å². The van der Waals surface area contributed by atoms with Gasteiger partial charge in [-0.25, -0.2) is 9.78 Å². The van der Waals surface area contributed by atoms with Gasteiger partial charge in [0.15, 0.2) is 5.82 Å². The van der Waals surface area contributed by atoms with Crippen molar-refractivity contribution in [3.63, 3.8) is 0 Å². The molecule has 188 valence electrons. The van der Waals surface area contributed by atoms with Gasteiger partial charge in [0.2, 0.25) is 5.28 Å². The number of nitrogen functional groups attached to an aromatic ring is 1. The molecule has 11 heteroatoms. The van der Waals surface area contributed by atoms with Crippen LogP contribution < -0.4 is 15.8 Å². The molecule has 2 aromatic heterocycles. The Hall–Kier alpha value is -3.56. The van der Waals surface area contributed by atoms with Crippen LogP contribution in [0.5, 0.6) is 5.75 Å². The van der Waals surface area contributed by atoms with Crippen LogP contribution in [0.3, 0.4) is 0 Å². The molecule has 0 unspecified atom stereocenters. The number of carbonyl (C=O) groups is 1. The summed E-state index contributed by atoms with van der Waals surface area (Å²) in [5.41, 5.74) is 8.86. The number of pyridine rings is 1. The van der Waals surface area contributed by atoms with E-state index in [9.17, 15) is 4.79 Å². The van der Waals surface area contributed by atoms with Crippen LogP contribution >= 0.6 is 23.2 Å². The lowest BCUT2D eigenvalue weighted by Crippen LogP contribution is -2.37. The van der Waals surface area contributed by atoms with Crippen molar-refractivity contribution in [2.24, 2.45) is 5.92 Å². The van der Waals surface area contributed by atoms with Gasteiger partial charge in [0.05, 0.1) is 18.5 Å². The SMILES string of the molecule is Nc1cncc(C=Cc2cc(Nc3nc(Cl)ncc3Cl)ccc2OCCC2CCN(C(=O)O)CC2)c1. The molecule has 0 bridgehead atoms. The topological polar surface area (TPSA) is 126 Å². The molecule has 3 aromatic rings. The molecule has 36 heavy (non-hydrogen) atoms. The summed E-state index contributed by atoms with van der Waals surface area (Å²) in [6.45, 7) is 1.66. The van der Waals surface area contributed by atoms with E-state index in [1.54, 1.807) is 12.4 Å². The standard InChI is InChI=1S/C25H26Cl2N6O3/c26-21-15-30-24(27)32-23(21)31-20-3-4-22(18(12-20)2-1-17-11-19(28)14-29-13-17)36-10-7-16-5-8-33(9-6-16)25(34)35/h1-4,11-16H,5-10,28H2,(H,34,35)(H,30,31,32). The Bertz CT molecular complexity index is 1250. The summed E-state index contributed by atoms with van der Waals surface area (Å²) in [7, 11) is 0. The number of likely N-dealkylation sites (tertiary alicyclic amines) is 1. The van der Waals surface area contributed by atoms with Gasteiger partial charge in [0.1, 0.15) is 10.8 Å². The number of nitrogens with one attached hydrogen (secondary N) is 1. The van der Waals surface area contributed by atoms with E-state index in [2.05, 4.69) is 20.3 Å². The maximum Gasteiger partial charge on any atom is 0.407 e. The largest absolute Gasteiger partial charge is 0.493 e. The minimum atomic E-state index is -0.851. The predicted octanol–water partition coefficient (Wildman–Crippen LogP) is 5.83. The third-order valence-electron chi connectivity index (χ3n) is 5.89. The molecule has 0 spiro atoms. The van der Waals surface area contributed by atoms with Crippen molar-refractivity contribution >= 4 is 58.6 Å². The van der Waals surface area contributed by atoms with Crippen LogP contribution in [0.4, 0.5) is 22.0 Å². The van der Waals surface area contributed by atoms with Gasteiger partial charge in [-0.2, -0.15) is 4.98 Å². The maximum atomic E-state index is 11.1. The molecule has 1 aliphatic heterocycles. The molecule has 9 nitrogen and oxygen atoms in total. The molecule has 3 heterocycles. The smallest absolute Gasteiger partial charge is 0.407 e. The summed E-state index contributed by atoms with van der Waals surface area (Å²) in [6, 6.07) is 7.50. The number of carboxylic acid groups (broad SMARTS) is 1. The molecule has 1 fully saturated rings. The summed E-state index contributed by atoms with van der Waals surface area (Å²) < 4.78 is 6.15. The Morgan fingerprint density at radius 2 is 2.00 bits per heavy atom. The Morgan fingerprint density at radius 1 is 1.19 bits per heavy atom. The van der Waals surface area contributed by atoms with Gasteiger partial charge in [-0.3, -0.25) is 4.98 Å². The highest BCUT2D eigenvalue weighted by atomic mass is 35.5. The summed E-state index contributed by atoms with van der Waals surface area (Å²) in [5.74, 6) is 1.54. The van der Waals surface area contributed by atoms with Gasteiger partial charge in [-0.1, -0.05) is 23.8 Å². The van der Waals surface area contributed by atoms with Gasteiger partial charge >= 0.3 is 6.09 Å². The summed E-state index contributed by atoms with van der Waals surface area (Å²) in [5, 5.41) is 12.7. The molecule has 4 rings (SSSR count). The first-order valence-corrected chi connectivity index (χ1v) is 12.2. The summed E-state index contributed by atoms with van der Waals surface area (Å²) >= 11 is 12.1. The van der Waals surface area contributed by atoms with Crippen LogP contribution in [-0.2, 0) is 0 Å². The van der Waals surface area contributed by atoms with E-state index in [0.717, 1.165) is 36.1 Å².